The van der Waals surface area contributed by atoms with Gasteiger partial charge >= 0.3 is 0 Å². The van der Waals surface area contributed by atoms with Gasteiger partial charge in [0, 0.05) is 43.8 Å². The lowest BCUT2D eigenvalue weighted by atomic mass is 9.94. The zero-order valence-corrected chi connectivity index (χ0v) is 16.3. The van der Waals surface area contributed by atoms with E-state index < -0.39 is 0 Å². The third-order valence-corrected chi connectivity index (χ3v) is 6.45. The number of hydrogen-bond donors (Lipinski definition) is 2. The van der Waals surface area contributed by atoms with Gasteiger partial charge in [0.25, 0.3) is 5.91 Å². The van der Waals surface area contributed by atoms with E-state index in [1.54, 1.807) is 0 Å². The van der Waals surface area contributed by atoms with E-state index in [9.17, 15) is 4.79 Å². The predicted octanol–water partition coefficient (Wildman–Crippen LogP) is 2.56. The standard InChI is InChI=1S/C22H33N3O2/c26-22(25-12-2-1-3-13-25)18-9-7-17(8-10-18)15-24-20-6-4-5-19(20)21-16-27-14-11-23-21/h7-10,19-21,23-24H,1-6,11-16H2. The molecule has 5 nitrogen and oxygen atoms in total. The first-order valence-electron chi connectivity index (χ1n) is 10.7. The Kier molecular flexibility index (Phi) is 6.43. The van der Waals surface area contributed by atoms with Crippen LogP contribution in [0.1, 0.15) is 54.4 Å². The molecule has 0 radical (unpaired) electrons. The van der Waals surface area contributed by atoms with E-state index in [1.807, 2.05) is 17.0 Å². The zero-order chi connectivity index (χ0) is 18.5. The second-order valence-corrected chi connectivity index (χ2v) is 8.27. The van der Waals surface area contributed by atoms with Gasteiger partial charge in [-0.2, -0.15) is 0 Å². The fourth-order valence-electron chi connectivity index (χ4n) is 4.88. The molecule has 2 saturated heterocycles. The van der Waals surface area contributed by atoms with Gasteiger partial charge in [0.05, 0.1) is 13.2 Å². The Morgan fingerprint density at radius 3 is 2.67 bits per heavy atom. The summed E-state index contributed by atoms with van der Waals surface area (Å²) in [6, 6.07) is 9.25. The number of nitrogens with one attached hydrogen (secondary N) is 2. The van der Waals surface area contributed by atoms with Crippen molar-refractivity contribution in [1.29, 1.82) is 0 Å². The van der Waals surface area contributed by atoms with E-state index in [0.29, 0.717) is 18.0 Å². The van der Waals surface area contributed by atoms with Gasteiger partial charge < -0.3 is 20.3 Å². The smallest absolute Gasteiger partial charge is 0.253 e. The topological polar surface area (TPSA) is 53.6 Å². The van der Waals surface area contributed by atoms with Crippen molar-refractivity contribution in [2.24, 2.45) is 5.92 Å². The first kappa shape index (κ1) is 18.9. The fraction of sp³-hybridized carbons (Fsp3) is 0.682. The van der Waals surface area contributed by atoms with Crippen molar-refractivity contribution in [2.75, 3.05) is 32.8 Å². The average molecular weight is 372 g/mol. The number of morpholine rings is 1. The van der Waals surface area contributed by atoms with Gasteiger partial charge in [-0.1, -0.05) is 18.6 Å². The van der Waals surface area contributed by atoms with Crippen LogP contribution in [0, 0.1) is 5.92 Å². The molecule has 3 atom stereocenters. The number of nitrogens with zero attached hydrogens (tertiary/aromatic N) is 1. The minimum atomic E-state index is 0.188. The summed E-state index contributed by atoms with van der Waals surface area (Å²) in [5, 5.41) is 7.40. The van der Waals surface area contributed by atoms with Crippen LogP contribution in [0.15, 0.2) is 24.3 Å². The van der Waals surface area contributed by atoms with Crippen molar-refractivity contribution >= 4 is 5.91 Å². The van der Waals surface area contributed by atoms with Crippen molar-refractivity contribution in [3.63, 3.8) is 0 Å². The third-order valence-electron chi connectivity index (χ3n) is 6.45. The molecule has 2 N–H and O–H groups in total. The third kappa shape index (κ3) is 4.71. The van der Waals surface area contributed by atoms with Gasteiger partial charge in [0.2, 0.25) is 0 Å². The Morgan fingerprint density at radius 1 is 1.11 bits per heavy atom. The van der Waals surface area contributed by atoms with E-state index >= 15 is 0 Å². The molecule has 0 bridgehead atoms. The highest BCUT2D eigenvalue weighted by Crippen LogP contribution is 2.29. The molecule has 1 saturated carbocycles. The quantitative estimate of drug-likeness (QED) is 0.835. The molecule has 2 aliphatic heterocycles. The SMILES string of the molecule is O=C(c1ccc(CNC2CCCC2C2COCCN2)cc1)N1CCCCC1. The fourth-order valence-corrected chi connectivity index (χ4v) is 4.88. The van der Waals surface area contributed by atoms with Gasteiger partial charge in [-0.15, -0.1) is 0 Å². The number of amides is 1. The molecule has 4 rings (SSSR count). The van der Waals surface area contributed by atoms with Crippen molar-refractivity contribution in [2.45, 2.75) is 57.2 Å². The molecule has 5 heteroatoms. The van der Waals surface area contributed by atoms with E-state index in [4.69, 9.17) is 4.74 Å². The molecule has 3 unspecified atom stereocenters. The maximum Gasteiger partial charge on any atom is 0.253 e. The number of carbonyl (C=O) groups is 1. The van der Waals surface area contributed by atoms with E-state index in [1.165, 1.54) is 31.2 Å². The van der Waals surface area contributed by atoms with Gasteiger partial charge in [-0.25, -0.2) is 0 Å². The van der Waals surface area contributed by atoms with Crippen molar-refractivity contribution < 1.29 is 9.53 Å². The largest absolute Gasteiger partial charge is 0.379 e. The molecular weight excluding hydrogens is 338 g/mol. The molecule has 27 heavy (non-hydrogen) atoms. The summed E-state index contributed by atoms with van der Waals surface area (Å²) < 4.78 is 5.66. The summed E-state index contributed by atoms with van der Waals surface area (Å²) in [4.78, 5) is 14.6. The molecule has 1 aromatic carbocycles. The normalized spacial score (nSPS) is 29.0. The van der Waals surface area contributed by atoms with Crippen LogP contribution in [-0.4, -0.2) is 55.7 Å². The van der Waals surface area contributed by atoms with Crippen LogP contribution in [0.25, 0.3) is 0 Å². The van der Waals surface area contributed by atoms with E-state index in [-0.39, 0.29) is 5.91 Å². The van der Waals surface area contributed by atoms with Gasteiger partial charge in [0.1, 0.15) is 0 Å². The summed E-state index contributed by atoms with van der Waals surface area (Å²) >= 11 is 0. The number of benzene rings is 1. The Balaban J connectivity index is 1.30. The molecular formula is C22H33N3O2. The molecule has 1 amide bonds. The van der Waals surface area contributed by atoms with E-state index in [0.717, 1.165) is 57.8 Å². The Hall–Kier alpha value is -1.43. The summed E-state index contributed by atoms with van der Waals surface area (Å²) in [5.74, 6) is 0.846. The Morgan fingerprint density at radius 2 is 1.93 bits per heavy atom. The van der Waals surface area contributed by atoms with Gasteiger partial charge in [0.15, 0.2) is 0 Å². The van der Waals surface area contributed by atoms with Crippen LogP contribution >= 0.6 is 0 Å². The van der Waals surface area contributed by atoms with Gasteiger partial charge in [-0.05, 0) is 55.7 Å². The second kappa shape index (κ2) is 9.18. The molecule has 1 aliphatic carbocycles. The average Bonchev–Trinajstić information content (AvgIpc) is 3.22. The number of hydrogen-bond acceptors (Lipinski definition) is 4. The zero-order valence-electron chi connectivity index (χ0n) is 16.3. The predicted molar refractivity (Wildman–Crippen MR) is 107 cm³/mol. The number of likely N-dealkylation sites (tertiary alicyclic amines) is 1. The highest BCUT2D eigenvalue weighted by molar-refractivity contribution is 5.94. The highest BCUT2D eigenvalue weighted by Gasteiger charge is 2.34. The molecule has 0 spiro atoms. The lowest BCUT2D eigenvalue weighted by molar-refractivity contribution is 0.0524. The van der Waals surface area contributed by atoms with Crippen LogP contribution in [0.4, 0.5) is 0 Å². The number of piperidine rings is 1. The Bertz CT molecular complexity index is 606. The van der Waals surface area contributed by atoms with E-state index in [2.05, 4.69) is 22.8 Å². The number of carbonyl (C=O) groups excluding carboxylic acids is 1. The first-order valence-corrected chi connectivity index (χ1v) is 10.7. The summed E-state index contributed by atoms with van der Waals surface area (Å²) in [5.41, 5.74) is 2.08. The number of ether oxygens (including phenoxy) is 1. The lowest BCUT2D eigenvalue weighted by Gasteiger charge is -2.33. The van der Waals surface area contributed by atoms with Crippen LogP contribution < -0.4 is 10.6 Å². The van der Waals surface area contributed by atoms with Crippen molar-refractivity contribution in [1.82, 2.24) is 15.5 Å². The number of rotatable bonds is 5. The van der Waals surface area contributed by atoms with Crippen LogP contribution in [0.5, 0.6) is 0 Å². The van der Waals surface area contributed by atoms with Crippen molar-refractivity contribution in [3.05, 3.63) is 35.4 Å². The first-order chi connectivity index (χ1) is 13.3. The Labute approximate surface area is 162 Å². The van der Waals surface area contributed by atoms with Gasteiger partial charge in [-0.3, -0.25) is 4.79 Å². The minimum Gasteiger partial charge on any atom is -0.379 e. The lowest BCUT2D eigenvalue weighted by Crippen LogP contribution is -2.50. The molecule has 148 valence electrons. The van der Waals surface area contributed by atoms with Crippen LogP contribution in [0.2, 0.25) is 0 Å². The minimum absolute atomic E-state index is 0.188. The summed E-state index contributed by atoms with van der Waals surface area (Å²) in [6.45, 7) is 5.33. The van der Waals surface area contributed by atoms with Crippen LogP contribution in [-0.2, 0) is 11.3 Å². The van der Waals surface area contributed by atoms with Crippen molar-refractivity contribution in [3.8, 4) is 0 Å². The second-order valence-electron chi connectivity index (χ2n) is 8.27. The monoisotopic (exact) mass is 371 g/mol. The summed E-state index contributed by atoms with van der Waals surface area (Å²) in [6.07, 6.45) is 7.34. The molecule has 3 aliphatic rings. The van der Waals surface area contributed by atoms with Crippen LogP contribution in [0.3, 0.4) is 0 Å². The molecule has 3 fully saturated rings. The summed E-state index contributed by atoms with van der Waals surface area (Å²) in [7, 11) is 0. The molecule has 2 heterocycles. The maximum absolute atomic E-state index is 12.6. The maximum atomic E-state index is 12.6. The highest BCUT2D eigenvalue weighted by atomic mass is 16.5. The molecule has 1 aromatic rings. The molecule has 0 aromatic heterocycles.